The Balaban J connectivity index is 1.38. The smallest absolute Gasteiger partial charge is 0.235 e. The van der Waals surface area contributed by atoms with E-state index in [-0.39, 0.29) is 0 Å². The topological polar surface area (TPSA) is 39.9 Å². The van der Waals surface area contributed by atoms with Gasteiger partial charge in [-0.1, -0.05) is 115 Å². The number of rotatable bonds is 3. The van der Waals surface area contributed by atoms with Gasteiger partial charge in [-0.05, 0) is 48.2 Å². The summed E-state index contributed by atoms with van der Waals surface area (Å²) in [5.41, 5.74) is 9.52. The summed E-state index contributed by atoms with van der Waals surface area (Å²) < 4.78 is 8.94. The Hall–Kier alpha value is -5.74. The SMILES string of the molecule is C1=c2c(n(-c3nc(-c4ccccc4)cc(-c4ccccc4)n3)c3ccc4c(c23)-c2ccccc2-c2ccccc2O4)=CCC1. The second-order valence-corrected chi connectivity index (χ2v) is 11.3. The third kappa shape index (κ3) is 3.85. The lowest BCUT2D eigenvalue weighted by Crippen LogP contribution is -2.31. The molecule has 44 heavy (non-hydrogen) atoms. The first-order chi connectivity index (χ1) is 21.8. The van der Waals surface area contributed by atoms with Crippen LogP contribution in [0.2, 0.25) is 0 Å². The van der Waals surface area contributed by atoms with Crippen molar-refractivity contribution in [2.75, 3.05) is 0 Å². The fraction of sp³-hybridized carbons (Fsp3) is 0.0500. The Labute approximate surface area is 254 Å². The van der Waals surface area contributed by atoms with Crippen LogP contribution in [-0.2, 0) is 0 Å². The van der Waals surface area contributed by atoms with E-state index >= 15 is 0 Å². The summed E-state index contributed by atoms with van der Waals surface area (Å²) in [6.45, 7) is 0. The molecular weight excluding hydrogens is 538 g/mol. The van der Waals surface area contributed by atoms with Gasteiger partial charge in [0, 0.05) is 32.9 Å². The van der Waals surface area contributed by atoms with Gasteiger partial charge in [0.25, 0.3) is 0 Å². The molecule has 4 heteroatoms. The fourth-order valence-electron chi connectivity index (χ4n) is 6.71. The average molecular weight is 566 g/mol. The van der Waals surface area contributed by atoms with Gasteiger partial charge in [-0.25, -0.2) is 9.97 Å². The van der Waals surface area contributed by atoms with E-state index < -0.39 is 0 Å². The van der Waals surface area contributed by atoms with Crippen LogP contribution < -0.4 is 15.3 Å². The number of nitrogens with zero attached hydrogens (tertiary/aromatic N) is 3. The van der Waals surface area contributed by atoms with E-state index in [1.165, 1.54) is 21.7 Å². The molecular formula is C40H27N3O. The summed E-state index contributed by atoms with van der Waals surface area (Å²) in [5, 5.41) is 3.51. The van der Waals surface area contributed by atoms with Crippen LogP contribution in [0.4, 0.5) is 0 Å². The molecule has 0 N–H and O–H groups in total. The quantitative estimate of drug-likeness (QED) is 0.216. The molecule has 0 spiro atoms. The van der Waals surface area contributed by atoms with Crippen molar-refractivity contribution in [3.8, 4) is 62.2 Å². The van der Waals surface area contributed by atoms with E-state index in [1.807, 2.05) is 18.2 Å². The molecule has 4 nitrogen and oxygen atoms in total. The second kappa shape index (κ2) is 9.92. The number of fused-ring (bicyclic) bond motifs is 9. The maximum Gasteiger partial charge on any atom is 0.235 e. The van der Waals surface area contributed by atoms with Gasteiger partial charge in [0.05, 0.1) is 22.3 Å². The van der Waals surface area contributed by atoms with E-state index in [2.05, 4.69) is 126 Å². The first-order valence-electron chi connectivity index (χ1n) is 15.1. The van der Waals surface area contributed by atoms with Crippen LogP contribution >= 0.6 is 0 Å². The zero-order valence-electron chi connectivity index (χ0n) is 23.9. The summed E-state index contributed by atoms with van der Waals surface area (Å²) in [6.07, 6.45) is 6.65. The van der Waals surface area contributed by atoms with Gasteiger partial charge in [-0.15, -0.1) is 0 Å². The molecule has 208 valence electrons. The molecule has 0 atom stereocenters. The summed E-state index contributed by atoms with van der Waals surface area (Å²) in [7, 11) is 0. The van der Waals surface area contributed by atoms with Crippen LogP contribution in [-0.4, -0.2) is 14.5 Å². The van der Waals surface area contributed by atoms with Gasteiger partial charge >= 0.3 is 0 Å². The molecule has 2 aromatic heterocycles. The minimum atomic E-state index is 0.661. The first kappa shape index (κ1) is 24.8. The minimum absolute atomic E-state index is 0.661. The molecule has 0 saturated heterocycles. The van der Waals surface area contributed by atoms with Gasteiger partial charge < -0.3 is 4.74 Å². The van der Waals surface area contributed by atoms with Crippen LogP contribution in [0, 0.1) is 0 Å². The molecule has 0 unspecified atom stereocenters. The van der Waals surface area contributed by atoms with E-state index in [0.717, 1.165) is 68.8 Å². The first-order valence-corrected chi connectivity index (χ1v) is 15.1. The highest BCUT2D eigenvalue weighted by Gasteiger charge is 2.26. The van der Waals surface area contributed by atoms with Crippen molar-refractivity contribution >= 4 is 23.1 Å². The largest absolute Gasteiger partial charge is 0.456 e. The van der Waals surface area contributed by atoms with Crippen molar-refractivity contribution in [1.82, 2.24) is 14.5 Å². The third-order valence-corrected chi connectivity index (χ3v) is 8.67. The predicted octanol–water partition coefficient (Wildman–Crippen LogP) is 8.55. The summed E-state index contributed by atoms with van der Waals surface area (Å²) in [6, 6.07) is 44.0. The van der Waals surface area contributed by atoms with Crippen molar-refractivity contribution in [2.24, 2.45) is 0 Å². The Morgan fingerprint density at radius 1 is 0.545 bits per heavy atom. The molecule has 0 bridgehead atoms. The Morgan fingerprint density at radius 3 is 1.89 bits per heavy atom. The van der Waals surface area contributed by atoms with E-state index in [0.29, 0.717) is 5.95 Å². The molecule has 2 aliphatic rings. The Morgan fingerprint density at radius 2 is 1.16 bits per heavy atom. The van der Waals surface area contributed by atoms with Crippen LogP contribution in [0.15, 0.2) is 127 Å². The van der Waals surface area contributed by atoms with E-state index in [9.17, 15) is 0 Å². The monoisotopic (exact) mass is 565 g/mol. The Kier molecular flexibility index (Phi) is 5.60. The highest BCUT2D eigenvalue weighted by atomic mass is 16.5. The number of hydrogen-bond donors (Lipinski definition) is 0. The molecule has 0 saturated carbocycles. The van der Waals surface area contributed by atoms with Crippen LogP contribution in [0.25, 0.3) is 73.8 Å². The van der Waals surface area contributed by atoms with Crippen molar-refractivity contribution in [3.05, 3.63) is 138 Å². The van der Waals surface area contributed by atoms with Crippen molar-refractivity contribution in [1.29, 1.82) is 0 Å². The zero-order chi connectivity index (χ0) is 29.0. The van der Waals surface area contributed by atoms with Crippen LogP contribution in [0.1, 0.15) is 12.8 Å². The highest BCUT2D eigenvalue weighted by molar-refractivity contribution is 6.05. The molecule has 5 aromatic carbocycles. The molecule has 0 fully saturated rings. The van der Waals surface area contributed by atoms with Gasteiger partial charge in [0.15, 0.2) is 0 Å². The van der Waals surface area contributed by atoms with Crippen LogP contribution in [0.5, 0.6) is 11.5 Å². The van der Waals surface area contributed by atoms with Gasteiger partial charge in [0.1, 0.15) is 11.5 Å². The summed E-state index contributed by atoms with van der Waals surface area (Å²) in [5.74, 6) is 2.39. The molecule has 0 radical (unpaired) electrons. The van der Waals surface area contributed by atoms with Crippen LogP contribution in [0.3, 0.4) is 0 Å². The number of benzene rings is 5. The number of aromatic nitrogens is 3. The van der Waals surface area contributed by atoms with E-state index in [4.69, 9.17) is 14.7 Å². The fourth-order valence-corrected chi connectivity index (χ4v) is 6.71. The molecule has 1 aliphatic heterocycles. The molecule has 3 heterocycles. The van der Waals surface area contributed by atoms with Crippen molar-refractivity contribution in [2.45, 2.75) is 12.8 Å². The molecule has 1 aliphatic carbocycles. The van der Waals surface area contributed by atoms with Crippen molar-refractivity contribution in [3.63, 3.8) is 0 Å². The molecule has 0 amide bonds. The summed E-state index contributed by atoms with van der Waals surface area (Å²) >= 11 is 0. The lowest BCUT2D eigenvalue weighted by Gasteiger charge is -2.13. The molecule has 7 aromatic rings. The lowest BCUT2D eigenvalue weighted by atomic mass is 9.92. The van der Waals surface area contributed by atoms with E-state index in [1.54, 1.807) is 0 Å². The number of hydrogen-bond acceptors (Lipinski definition) is 3. The van der Waals surface area contributed by atoms with Gasteiger partial charge in [-0.2, -0.15) is 0 Å². The number of para-hydroxylation sites is 1. The maximum absolute atomic E-state index is 6.69. The Bertz CT molecular complexity index is 2300. The van der Waals surface area contributed by atoms with Gasteiger partial charge in [-0.3, -0.25) is 4.57 Å². The lowest BCUT2D eigenvalue weighted by molar-refractivity contribution is 0.488. The normalized spacial score (nSPS) is 12.9. The predicted molar refractivity (Wildman–Crippen MR) is 178 cm³/mol. The third-order valence-electron chi connectivity index (χ3n) is 8.67. The number of ether oxygens (including phenoxy) is 1. The second-order valence-electron chi connectivity index (χ2n) is 11.3. The minimum Gasteiger partial charge on any atom is -0.456 e. The zero-order valence-corrected chi connectivity index (χ0v) is 23.9. The van der Waals surface area contributed by atoms with Gasteiger partial charge in [0.2, 0.25) is 5.95 Å². The maximum atomic E-state index is 6.69. The molecule has 9 rings (SSSR count). The average Bonchev–Trinajstić information content (AvgIpc) is 3.35. The summed E-state index contributed by atoms with van der Waals surface area (Å²) in [4.78, 5) is 10.4. The van der Waals surface area contributed by atoms with Crippen molar-refractivity contribution < 1.29 is 4.74 Å². The standard InChI is InChI=1S/C40H27N3O/c1-3-13-26(14-4-1)32-25-33(27-15-5-2-6-16-27)42-40(41-32)43-34-21-11-9-20-31(34)38-35(43)23-24-37-39(38)30-19-8-7-17-28(30)29-18-10-12-22-36(29)44-37/h1-8,10,12-25H,9,11H2. The highest BCUT2D eigenvalue weighted by Crippen LogP contribution is 2.48.